The number of nitrogens with one attached hydrogen (secondary N) is 1. The lowest BCUT2D eigenvalue weighted by Crippen LogP contribution is -2.37. The highest BCUT2D eigenvalue weighted by Gasteiger charge is 2.14. The zero-order valence-corrected chi connectivity index (χ0v) is 12.5. The van der Waals surface area contributed by atoms with Gasteiger partial charge in [0, 0.05) is 22.5 Å². The molecule has 1 aromatic heterocycles. The second-order valence-corrected chi connectivity index (χ2v) is 6.33. The van der Waals surface area contributed by atoms with E-state index in [2.05, 4.69) is 26.1 Å². The molecule has 1 aromatic carbocycles. The second kappa shape index (κ2) is 5.85. The smallest absolute Gasteiger partial charge is 0.131 e. The number of thiophene rings is 1. The minimum Gasteiger partial charge on any atom is -0.308 e. The normalized spacial score (nSPS) is 11.8. The van der Waals surface area contributed by atoms with Gasteiger partial charge in [-0.1, -0.05) is 19.1 Å². The third-order valence-electron chi connectivity index (χ3n) is 3.47. The van der Waals surface area contributed by atoms with Gasteiger partial charge in [0.1, 0.15) is 5.82 Å². The van der Waals surface area contributed by atoms with Crippen LogP contribution in [-0.2, 0) is 6.54 Å². The maximum absolute atomic E-state index is 13.9. The van der Waals surface area contributed by atoms with Crippen molar-refractivity contribution in [3.05, 3.63) is 47.1 Å². The molecule has 3 heteroatoms. The molecule has 102 valence electrons. The van der Waals surface area contributed by atoms with E-state index in [-0.39, 0.29) is 11.4 Å². The Balaban J connectivity index is 2.18. The van der Waals surface area contributed by atoms with E-state index < -0.39 is 0 Å². The summed E-state index contributed by atoms with van der Waals surface area (Å²) < 4.78 is 13.9. The van der Waals surface area contributed by atoms with Gasteiger partial charge in [-0.3, -0.25) is 0 Å². The molecule has 0 aliphatic rings. The molecule has 0 amide bonds. The van der Waals surface area contributed by atoms with Gasteiger partial charge in [-0.2, -0.15) is 0 Å². The predicted octanol–water partition coefficient (Wildman–Crippen LogP) is 4.83. The highest BCUT2D eigenvalue weighted by atomic mass is 32.1. The SMILES string of the molecule is CCC(C)(C)NCc1ccc(F)c(-c2cccs2)c1. The Morgan fingerprint density at radius 1 is 1.26 bits per heavy atom. The summed E-state index contributed by atoms with van der Waals surface area (Å²) in [6, 6.07) is 9.26. The van der Waals surface area contributed by atoms with Gasteiger partial charge in [-0.25, -0.2) is 4.39 Å². The van der Waals surface area contributed by atoms with E-state index in [0.717, 1.165) is 23.4 Å². The molecular formula is C16H20FNS. The van der Waals surface area contributed by atoms with Gasteiger partial charge in [0.15, 0.2) is 0 Å². The first-order valence-electron chi connectivity index (χ1n) is 6.59. The molecule has 2 aromatic rings. The maximum atomic E-state index is 13.9. The average Bonchev–Trinajstić information content (AvgIpc) is 2.92. The van der Waals surface area contributed by atoms with Crippen LogP contribution in [0.5, 0.6) is 0 Å². The van der Waals surface area contributed by atoms with Crippen molar-refractivity contribution in [3.8, 4) is 10.4 Å². The number of hydrogen-bond acceptors (Lipinski definition) is 2. The standard InChI is InChI=1S/C16H20FNS/c1-4-16(2,3)18-11-12-7-8-14(17)13(10-12)15-6-5-9-19-15/h5-10,18H,4,11H2,1-3H3. The summed E-state index contributed by atoms with van der Waals surface area (Å²) in [6.45, 7) is 7.28. The predicted molar refractivity (Wildman–Crippen MR) is 80.9 cm³/mol. The van der Waals surface area contributed by atoms with E-state index in [1.807, 2.05) is 29.6 Å². The van der Waals surface area contributed by atoms with E-state index in [0.29, 0.717) is 5.56 Å². The zero-order chi connectivity index (χ0) is 13.9. The maximum Gasteiger partial charge on any atom is 0.131 e. The number of hydrogen-bond donors (Lipinski definition) is 1. The molecule has 0 spiro atoms. The molecule has 1 N–H and O–H groups in total. The molecular weight excluding hydrogens is 257 g/mol. The first-order valence-corrected chi connectivity index (χ1v) is 7.47. The van der Waals surface area contributed by atoms with Gasteiger partial charge < -0.3 is 5.32 Å². The Morgan fingerprint density at radius 2 is 2.05 bits per heavy atom. The zero-order valence-electron chi connectivity index (χ0n) is 11.7. The third kappa shape index (κ3) is 3.64. The first kappa shape index (κ1) is 14.2. The summed E-state index contributed by atoms with van der Waals surface area (Å²) in [5.74, 6) is -0.152. The fourth-order valence-corrected chi connectivity index (χ4v) is 2.51. The molecule has 19 heavy (non-hydrogen) atoms. The molecule has 1 nitrogen and oxygen atoms in total. The van der Waals surface area contributed by atoms with E-state index in [9.17, 15) is 4.39 Å². The summed E-state index contributed by atoms with van der Waals surface area (Å²) in [6.07, 6.45) is 1.06. The van der Waals surface area contributed by atoms with Crippen LogP contribution in [0.15, 0.2) is 35.7 Å². The molecule has 2 rings (SSSR count). The summed E-state index contributed by atoms with van der Waals surface area (Å²) in [5.41, 5.74) is 1.92. The van der Waals surface area contributed by atoms with Crippen LogP contribution in [0.4, 0.5) is 4.39 Å². The van der Waals surface area contributed by atoms with Crippen LogP contribution in [-0.4, -0.2) is 5.54 Å². The monoisotopic (exact) mass is 277 g/mol. The highest BCUT2D eigenvalue weighted by molar-refractivity contribution is 7.13. The molecule has 0 saturated carbocycles. The van der Waals surface area contributed by atoms with Crippen molar-refractivity contribution in [1.82, 2.24) is 5.32 Å². The fourth-order valence-electron chi connectivity index (χ4n) is 1.77. The molecule has 0 bridgehead atoms. The Kier molecular flexibility index (Phi) is 4.38. The third-order valence-corrected chi connectivity index (χ3v) is 4.38. The Labute approximate surface area is 118 Å². The summed E-state index contributed by atoms with van der Waals surface area (Å²) in [4.78, 5) is 0.981. The molecule has 0 radical (unpaired) electrons. The number of rotatable bonds is 5. The largest absolute Gasteiger partial charge is 0.308 e. The quantitative estimate of drug-likeness (QED) is 0.825. The lowest BCUT2D eigenvalue weighted by atomic mass is 10.0. The molecule has 1 heterocycles. The van der Waals surface area contributed by atoms with Crippen LogP contribution in [0, 0.1) is 5.82 Å². The first-order chi connectivity index (χ1) is 9.02. The Hall–Kier alpha value is -1.19. The lowest BCUT2D eigenvalue weighted by molar-refractivity contribution is 0.374. The molecule has 0 atom stereocenters. The summed E-state index contributed by atoms with van der Waals surface area (Å²) in [5, 5.41) is 5.47. The van der Waals surface area contributed by atoms with Crippen molar-refractivity contribution in [2.75, 3.05) is 0 Å². The molecule has 0 unspecified atom stereocenters. The number of halogens is 1. The van der Waals surface area contributed by atoms with E-state index in [1.165, 1.54) is 0 Å². The lowest BCUT2D eigenvalue weighted by Gasteiger charge is -2.24. The van der Waals surface area contributed by atoms with Crippen molar-refractivity contribution < 1.29 is 4.39 Å². The van der Waals surface area contributed by atoms with E-state index in [4.69, 9.17) is 0 Å². The van der Waals surface area contributed by atoms with E-state index >= 15 is 0 Å². The van der Waals surface area contributed by atoms with Gasteiger partial charge >= 0.3 is 0 Å². The highest BCUT2D eigenvalue weighted by Crippen LogP contribution is 2.28. The van der Waals surface area contributed by atoms with E-state index in [1.54, 1.807) is 17.4 Å². The van der Waals surface area contributed by atoms with Gasteiger partial charge in [-0.15, -0.1) is 11.3 Å². The van der Waals surface area contributed by atoms with Crippen molar-refractivity contribution >= 4 is 11.3 Å². The van der Waals surface area contributed by atoms with Crippen molar-refractivity contribution in [1.29, 1.82) is 0 Å². The molecule has 0 aliphatic carbocycles. The van der Waals surface area contributed by atoms with Crippen LogP contribution in [0.25, 0.3) is 10.4 Å². The topological polar surface area (TPSA) is 12.0 Å². The van der Waals surface area contributed by atoms with Crippen LogP contribution in [0.2, 0.25) is 0 Å². The Morgan fingerprint density at radius 3 is 2.68 bits per heavy atom. The summed E-state index contributed by atoms with van der Waals surface area (Å²) >= 11 is 1.57. The second-order valence-electron chi connectivity index (χ2n) is 5.38. The van der Waals surface area contributed by atoms with Crippen LogP contribution in [0.3, 0.4) is 0 Å². The van der Waals surface area contributed by atoms with Crippen molar-refractivity contribution in [2.45, 2.75) is 39.3 Å². The average molecular weight is 277 g/mol. The van der Waals surface area contributed by atoms with Crippen LogP contribution in [0.1, 0.15) is 32.8 Å². The number of benzene rings is 1. The van der Waals surface area contributed by atoms with Crippen LogP contribution >= 0.6 is 11.3 Å². The van der Waals surface area contributed by atoms with Gasteiger partial charge in [0.25, 0.3) is 0 Å². The molecule has 0 aliphatic heterocycles. The minimum absolute atomic E-state index is 0.109. The van der Waals surface area contributed by atoms with Crippen molar-refractivity contribution in [3.63, 3.8) is 0 Å². The van der Waals surface area contributed by atoms with Crippen molar-refractivity contribution in [2.24, 2.45) is 0 Å². The minimum atomic E-state index is -0.152. The van der Waals surface area contributed by atoms with Gasteiger partial charge in [0.2, 0.25) is 0 Å². The van der Waals surface area contributed by atoms with Gasteiger partial charge in [-0.05, 0) is 49.4 Å². The molecule has 0 fully saturated rings. The fraction of sp³-hybridized carbons (Fsp3) is 0.375. The molecule has 0 saturated heterocycles. The summed E-state index contributed by atoms with van der Waals surface area (Å²) in [7, 11) is 0. The van der Waals surface area contributed by atoms with Crippen LogP contribution < -0.4 is 5.32 Å². The Bertz CT molecular complexity index is 532. The van der Waals surface area contributed by atoms with Gasteiger partial charge in [0.05, 0.1) is 0 Å².